The quantitative estimate of drug-likeness (QED) is 0.323. The van der Waals surface area contributed by atoms with Gasteiger partial charge in [0.2, 0.25) is 5.78 Å². The molecule has 3 aromatic carbocycles. The molecule has 0 aliphatic rings. The first-order valence-electron chi connectivity index (χ1n) is 9.07. The van der Waals surface area contributed by atoms with Crippen molar-refractivity contribution in [3.05, 3.63) is 93.7 Å². The molecule has 4 aromatic rings. The zero-order valence-corrected chi connectivity index (χ0v) is 17.0. The summed E-state index contributed by atoms with van der Waals surface area (Å²) >= 11 is 12.2. The predicted octanol–water partition coefficient (Wildman–Crippen LogP) is 7.76. The summed E-state index contributed by atoms with van der Waals surface area (Å²) in [5.41, 5.74) is 4.11. The van der Waals surface area contributed by atoms with Gasteiger partial charge in [0.15, 0.2) is 5.76 Å². The molecule has 4 rings (SSSR count). The predicted molar refractivity (Wildman–Crippen MR) is 116 cm³/mol. The normalized spacial score (nSPS) is 11.3. The first kappa shape index (κ1) is 18.8. The Morgan fingerprint density at radius 3 is 2.32 bits per heavy atom. The maximum Gasteiger partial charge on any atom is 0.230 e. The number of carbonyl (C=O) groups is 1. The minimum atomic E-state index is -0.233. The summed E-state index contributed by atoms with van der Waals surface area (Å²) in [5, 5.41) is 1.75. The van der Waals surface area contributed by atoms with E-state index in [1.165, 1.54) is 0 Å². The smallest absolute Gasteiger partial charge is 0.230 e. The van der Waals surface area contributed by atoms with Crippen LogP contribution in [0.2, 0.25) is 10.0 Å². The van der Waals surface area contributed by atoms with Crippen LogP contribution in [-0.2, 0) is 0 Å². The van der Waals surface area contributed by atoms with Crippen LogP contribution in [0.4, 0.5) is 0 Å². The van der Waals surface area contributed by atoms with Crippen molar-refractivity contribution < 1.29 is 9.21 Å². The molecule has 0 fully saturated rings. The Kier molecular flexibility index (Phi) is 5.01. The molecule has 0 amide bonds. The summed E-state index contributed by atoms with van der Waals surface area (Å²) in [6.07, 6.45) is 0. The Morgan fingerprint density at radius 2 is 1.64 bits per heavy atom. The lowest BCUT2D eigenvalue weighted by molar-refractivity contribution is 0.101. The molecule has 0 aliphatic heterocycles. The standard InChI is InChI=1S/C24H18Cl2O2/c1-14(2)22-19-10-8-16(15-6-4-3-5-7-15)12-21(19)28-24(22)23(27)18-11-9-17(25)13-20(18)26/h3-14H,1-2H3. The average molecular weight is 409 g/mol. The molecule has 0 aliphatic carbocycles. The number of hydrogen-bond acceptors (Lipinski definition) is 2. The Hall–Kier alpha value is -2.55. The Labute approximate surface area is 173 Å². The summed E-state index contributed by atoms with van der Waals surface area (Å²) in [6.45, 7) is 4.10. The van der Waals surface area contributed by atoms with E-state index in [1.807, 2.05) is 42.5 Å². The topological polar surface area (TPSA) is 30.2 Å². The summed E-state index contributed by atoms with van der Waals surface area (Å²) in [6, 6.07) is 21.0. The van der Waals surface area contributed by atoms with Gasteiger partial charge in [-0.15, -0.1) is 0 Å². The molecule has 0 radical (unpaired) electrons. The van der Waals surface area contributed by atoms with Crippen LogP contribution in [0, 0.1) is 0 Å². The minimum Gasteiger partial charge on any atom is -0.452 e. The number of ketones is 1. The largest absolute Gasteiger partial charge is 0.452 e. The first-order valence-corrected chi connectivity index (χ1v) is 9.83. The highest BCUT2D eigenvalue weighted by atomic mass is 35.5. The number of furan rings is 1. The molecule has 0 saturated carbocycles. The van der Waals surface area contributed by atoms with E-state index in [4.69, 9.17) is 27.6 Å². The van der Waals surface area contributed by atoms with Crippen LogP contribution in [0.3, 0.4) is 0 Å². The van der Waals surface area contributed by atoms with Gasteiger partial charge in [0.25, 0.3) is 0 Å². The maximum atomic E-state index is 13.2. The lowest BCUT2D eigenvalue weighted by Crippen LogP contribution is -2.05. The van der Waals surface area contributed by atoms with E-state index in [9.17, 15) is 4.79 Å². The molecule has 0 spiro atoms. The van der Waals surface area contributed by atoms with E-state index >= 15 is 0 Å². The third-order valence-electron chi connectivity index (χ3n) is 4.79. The van der Waals surface area contributed by atoms with Crippen molar-refractivity contribution in [2.24, 2.45) is 0 Å². The summed E-state index contributed by atoms with van der Waals surface area (Å²) in [4.78, 5) is 13.2. The van der Waals surface area contributed by atoms with Crippen LogP contribution < -0.4 is 0 Å². The maximum absolute atomic E-state index is 13.2. The third kappa shape index (κ3) is 3.34. The van der Waals surface area contributed by atoms with Gasteiger partial charge >= 0.3 is 0 Å². The van der Waals surface area contributed by atoms with Gasteiger partial charge in [0, 0.05) is 21.5 Å². The van der Waals surface area contributed by atoms with Crippen LogP contribution in [0.1, 0.15) is 41.4 Å². The van der Waals surface area contributed by atoms with E-state index in [2.05, 4.69) is 19.9 Å². The van der Waals surface area contributed by atoms with Crippen LogP contribution >= 0.6 is 23.2 Å². The molecule has 0 N–H and O–H groups in total. The zero-order valence-electron chi connectivity index (χ0n) is 15.5. The van der Waals surface area contributed by atoms with Crippen LogP contribution in [0.15, 0.2) is 71.1 Å². The number of rotatable bonds is 4. The van der Waals surface area contributed by atoms with Gasteiger partial charge in [-0.25, -0.2) is 0 Å². The summed E-state index contributed by atoms with van der Waals surface area (Å²) in [7, 11) is 0. The van der Waals surface area contributed by atoms with Gasteiger partial charge in [-0.05, 0) is 41.3 Å². The van der Waals surface area contributed by atoms with Gasteiger partial charge in [-0.1, -0.05) is 79.5 Å². The Bertz CT molecular complexity index is 1170. The van der Waals surface area contributed by atoms with Crippen molar-refractivity contribution >= 4 is 40.0 Å². The lowest BCUT2D eigenvalue weighted by atomic mass is 9.95. The van der Waals surface area contributed by atoms with Crippen molar-refractivity contribution in [1.82, 2.24) is 0 Å². The molecule has 1 heterocycles. The Morgan fingerprint density at radius 1 is 0.893 bits per heavy atom. The SMILES string of the molecule is CC(C)c1c(C(=O)c2ccc(Cl)cc2Cl)oc2cc(-c3ccccc3)ccc12. The zero-order chi connectivity index (χ0) is 19.8. The van der Waals surface area contributed by atoms with Crippen LogP contribution in [-0.4, -0.2) is 5.78 Å². The van der Waals surface area contributed by atoms with Crippen molar-refractivity contribution in [3.8, 4) is 11.1 Å². The fourth-order valence-corrected chi connectivity index (χ4v) is 3.96. The van der Waals surface area contributed by atoms with Gasteiger partial charge in [0.1, 0.15) is 5.58 Å². The summed E-state index contributed by atoms with van der Waals surface area (Å²) < 4.78 is 6.08. The molecule has 0 atom stereocenters. The highest BCUT2D eigenvalue weighted by Crippen LogP contribution is 2.36. The van der Waals surface area contributed by atoms with Crippen LogP contribution in [0.25, 0.3) is 22.1 Å². The van der Waals surface area contributed by atoms with E-state index in [1.54, 1.807) is 18.2 Å². The van der Waals surface area contributed by atoms with E-state index in [-0.39, 0.29) is 11.7 Å². The van der Waals surface area contributed by atoms with E-state index in [0.717, 1.165) is 22.1 Å². The van der Waals surface area contributed by atoms with Crippen LogP contribution in [0.5, 0.6) is 0 Å². The number of hydrogen-bond donors (Lipinski definition) is 0. The molecular weight excluding hydrogens is 391 g/mol. The van der Waals surface area contributed by atoms with Gasteiger partial charge < -0.3 is 4.42 Å². The van der Waals surface area contributed by atoms with E-state index < -0.39 is 0 Å². The second-order valence-electron chi connectivity index (χ2n) is 7.03. The highest BCUT2D eigenvalue weighted by molar-refractivity contribution is 6.37. The minimum absolute atomic E-state index is 0.119. The number of fused-ring (bicyclic) bond motifs is 1. The lowest BCUT2D eigenvalue weighted by Gasteiger charge is -2.07. The van der Waals surface area contributed by atoms with E-state index in [0.29, 0.717) is 27.0 Å². The van der Waals surface area contributed by atoms with Gasteiger partial charge in [-0.2, -0.15) is 0 Å². The highest BCUT2D eigenvalue weighted by Gasteiger charge is 2.25. The third-order valence-corrected chi connectivity index (χ3v) is 5.34. The molecule has 0 saturated heterocycles. The molecule has 0 bridgehead atoms. The fourth-order valence-electron chi connectivity index (χ4n) is 3.46. The first-order chi connectivity index (χ1) is 13.5. The monoisotopic (exact) mass is 408 g/mol. The van der Waals surface area contributed by atoms with Crippen molar-refractivity contribution in [1.29, 1.82) is 0 Å². The molecular formula is C24H18Cl2O2. The second-order valence-corrected chi connectivity index (χ2v) is 7.87. The molecule has 28 heavy (non-hydrogen) atoms. The average Bonchev–Trinajstić information content (AvgIpc) is 3.07. The van der Waals surface area contributed by atoms with Crippen molar-refractivity contribution in [3.63, 3.8) is 0 Å². The molecule has 140 valence electrons. The molecule has 2 nitrogen and oxygen atoms in total. The molecule has 0 unspecified atom stereocenters. The number of halogens is 2. The number of carbonyl (C=O) groups excluding carboxylic acids is 1. The second kappa shape index (κ2) is 7.46. The number of benzene rings is 3. The summed E-state index contributed by atoms with van der Waals surface area (Å²) in [5.74, 6) is 0.219. The molecule has 1 aromatic heterocycles. The van der Waals surface area contributed by atoms with Gasteiger partial charge in [0.05, 0.1) is 5.02 Å². The molecule has 4 heteroatoms. The fraction of sp³-hybridized carbons (Fsp3) is 0.125. The van der Waals surface area contributed by atoms with Crippen molar-refractivity contribution in [2.75, 3.05) is 0 Å². The van der Waals surface area contributed by atoms with Gasteiger partial charge in [-0.3, -0.25) is 4.79 Å². The van der Waals surface area contributed by atoms with Crippen molar-refractivity contribution in [2.45, 2.75) is 19.8 Å². The Balaban J connectivity index is 1.88.